The van der Waals surface area contributed by atoms with Gasteiger partial charge < -0.3 is 24.7 Å². The molecule has 0 aromatic heterocycles. The zero-order valence-corrected chi connectivity index (χ0v) is 12.0. The summed E-state index contributed by atoms with van der Waals surface area (Å²) in [5.41, 5.74) is 0. The molecule has 2 aliphatic heterocycles. The fourth-order valence-corrected chi connectivity index (χ4v) is 3.59. The van der Waals surface area contributed by atoms with Gasteiger partial charge in [0.1, 0.15) is 6.04 Å². The van der Waals surface area contributed by atoms with E-state index in [9.17, 15) is 9.59 Å². The first-order valence-corrected chi connectivity index (χ1v) is 7.87. The minimum atomic E-state index is -0.940. The van der Waals surface area contributed by atoms with Crippen LogP contribution in [0, 0.1) is 0 Å². The molecule has 2 heterocycles. The lowest BCUT2D eigenvalue weighted by Crippen LogP contribution is -2.51. The number of rotatable bonds is 4. The van der Waals surface area contributed by atoms with Crippen molar-refractivity contribution < 1.29 is 24.5 Å². The summed E-state index contributed by atoms with van der Waals surface area (Å²) in [6.07, 6.45) is 1.53. The van der Waals surface area contributed by atoms with Crippen LogP contribution in [0.25, 0.3) is 0 Å². The first-order chi connectivity index (χ1) is 9.63. The fourth-order valence-electron chi connectivity index (χ4n) is 2.45. The van der Waals surface area contributed by atoms with E-state index in [0.717, 1.165) is 12.8 Å². The highest BCUT2D eigenvalue weighted by Crippen LogP contribution is 2.24. The summed E-state index contributed by atoms with van der Waals surface area (Å²) in [4.78, 5) is 26.6. The van der Waals surface area contributed by atoms with Crippen molar-refractivity contribution in [3.05, 3.63) is 0 Å². The minimum absolute atomic E-state index is 0.00440. The van der Waals surface area contributed by atoms with Crippen LogP contribution in [-0.2, 0) is 9.53 Å². The summed E-state index contributed by atoms with van der Waals surface area (Å²) in [5, 5.41) is 17.8. The average molecular weight is 304 g/mol. The number of amides is 2. The smallest absolute Gasteiger partial charge is 0.327 e. The first-order valence-electron chi connectivity index (χ1n) is 6.72. The van der Waals surface area contributed by atoms with Gasteiger partial charge in [-0.05, 0) is 12.8 Å². The van der Waals surface area contributed by atoms with Crippen LogP contribution in [0.15, 0.2) is 0 Å². The average Bonchev–Trinajstić information content (AvgIpc) is 2.94. The number of urea groups is 1. The molecule has 2 rings (SSSR count). The van der Waals surface area contributed by atoms with Crippen molar-refractivity contribution in [2.45, 2.75) is 25.0 Å². The second kappa shape index (κ2) is 7.14. The van der Waals surface area contributed by atoms with E-state index in [-0.39, 0.29) is 18.7 Å². The van der Waals surface area contributed by atoms with Crippen LogP contribution in [0.5, 0.6) is 0 Å². The van der Waals surface area contributed by atoms with Crippen LogP contribution in [0.1, 0.15) is 12.8 Å². The van der Waals surface area contributed by atoms with Gasteiger partial charge in [0, 0.05) is 18.8 Å². The van der Waals surface area contributed by atoms with E-state index in [4.69, 9.17) is 14.9 Å². The van der Waals surface area contributed by atoms with E-state index in [1.165, 1.54) is 16.7 Å². The molecular formula is C12H20N2O5S. The molecule has 2 amide bonds. The Kier molecular flexibility index (Phi) is 5.50. The van der Waals surface area contributed by atoms with E-state index in [0.29, 0.717) is 31.3 Å². The molecule has 7 nitrogen and oxygen atoms in total. The topological polar surface area (TPSA) is 90.3 Å². The second-order valence-corrected chi connectivity index (χ2v) is 5.89. The zero-order chi connectivity index (χ0) is 14.5. The predicted molar refractivity (Wildman–Crippen MR) is 73.6 cm³/mol. The van der Waals surface area contributed by atoms with Crippen molar-refractivity contribution in [1.82, 2.24) is 9.80 Å². The zero-order valence-electron chi connectivity index (χ0n) is 11.2. The molecule has 0 bridgehead atoms. The summed E-state index contributed by atoms with van der Waals surface area (Å²) in [5.74, 6) is -0.0435. The molecule has 1 unspecified atom stereocenters. The number of hydrogen-bond donors (Lipinski definition) is 2. The summed E-state index contributed by atoms with van der Waals surface area (Å²) in [7, 11) is 0. The molecule has 2 N–H and O–H groups in total. The number of likely N-dealkylation sites (tertiary alicyclic amines) is 1. The van der Waals surface area contributed by atoms with Crippen LogP contribution < -0.4 is 0 Å². The van der Waals surface area contributed by atoms with Crippen molar-refractivity contribution in [3.63, 3.8) is 0 Å². The highest BCUT2D eigenvalue weighted by molar-refractivity contribution is 7.99. The van der Waals surface area contributed by atoms with Gasteiger partial charge in [-0.25, -0.2) is 9.59 Å². The van der Waals surface area contributed by atoms with Gasteiger partial charge in [-0.3, -0.25) is 0 Å². The van der Waals surface area contributed by atoms with E-state index in [1.54, 1.807) is 4.90 Å². The number of ether oxygens (including phenoxy) is 1. The highest BCUT2D eigenvalue weighted by Gasteiger charge is 2.37. The third-order valence-electron chi connectivity index (χ3n) is 3.57. The highest BCUT2D eigenvalue weighted by atomic mass is 32.2. The molecule has 0 aromatic rings. The standard InChI is InChI=1S/C12H20N2O5S/c15-5-6-19-9-1-3-13(4-2-9)12(18)14-8-20-7-10(14)11(16)17/h9-10,15H,1-8H2,(H,16,17). The van der Waals surface area contributed by atoms with E-state index >= 15 is 0 Å². The number of carbonyl (C=O) groups is 2. The molecule has 0 saturated carbocycles. The van der Waals surface area contributed by atoms with Crippen molar-refractivity contribution >= 4 is 23.8 Å². The van der Waals surface area contributed by atoms with E-state index < -0.39 is 12.0 Å². The quantitative estimate of drug-likeness (QED) is 0.762. The Balaban J connectivity index is 1.84. The number of carboxylic acid groups (broad SMARTS) is 1. The molecule has 0 aliphatic carbocycles. The number of carbonyl (C=O) groups excluding carboxylic acids is 1. The van der Waals surface area contributed by atoms with Crippen molar-refractivity contribution in [2.75, 3.05) is 37.9 Å². The van der Waals surface area contributed by atoms with Gasteiger partial charge in [-0.2, -0.15) is 0 Å². The minimum Gasteiger partial charge on any atom is -0.480 e. The van der Waals surface area contributed by atoms with Crippen LogP contribution in [0.4, 0.5) is 4.79 Å². The van der Waals surface area contributed by atoms with E-state index in [2.05, 4.69) is 0 Å². The predicted octanol–water partition coefficient (Wildman–Crippen LogP) is 0.0392. The van der Waals surface area contributed by atoms with Crippen molar-refractivity contribution in [3.8, 4) is 0 Å². The van der Waals surface area contributed by atoms with Crippen molar-refractivity contribution in [2.24, 2.45) is 0 Å². The SMILES string of the molecule is O=C(O)C1CSCN1C(=O)N1CCC(OCCO)CC1. The Morgan fingerprint density at radius 2 is 2.00 bits per heavy atom. The molecule has 0 radical (unpaired) electrons. The molecule has 2 saturated heterocycles. The third kappa shape index (κ3) is 3.56. The van der Waals surface area contributed by atoms with Gasteiger partial charge in [-0.15, -0.1) is 11.8 Å². The summed E-state index contributed by atoms with van der Waals surface area (Å²) in [6.45, 7) is 1.47. The molecule has 2 aliphatic rings. The summed E-state index contributed by atoms with van der Waals surface area (Å²) in [6, 6.07) is -0.904. The van der Waals surface area contributed by atoms with E-state index in [1.807, 2.05) is 0 Å². The number of thioether (sulfide) groups is 1. The number of carboxylic acids is 1. The molecule has 8 heteroatoms. The van der Waals surface area contributed by atoms with Crippen LogP contribution in [0.3, 0.4) is 0 Å². The molecular weight excluding hydrogens is 284 g/mol. The molecule has 2 fully saturated rings. The maximum atomic E-state index is 12.3. The maximum Gasteiger partial charge on any atom is 0.327 e. The van der Waals surface area contributed by atoms with Crippen LogP contribution in [0.2, 0.25) is 0 Å². The fraction of sp³-hybridized carbons (Fsp3) is 0.833. The van der Waals surface area contributed by atoms with Gasteiger partial charge >= 0.3 is 12.0 Å². The molecule has 114 valence electrons. The third-order valence-corrected chi connectivity index (χ3v) is 4.58. The maximum absolute atomic E-state index is 12.3. The Morgan fingerprint density at radius 1 is 1.30 bits per heavy atom. The van der Waals surface area contributed by atoms with Gasteiger partial charge in [0.25, 0.3) is 0 Å². The number of hydrogen-bond acceptors (Lipinski definition) is 5. The lowest BCUT2D eigenvalue weighted by molar-refractivity contribution is -0.141. The Morgan fingerprint density at radius 3 is 2.60 bits per heavy atom. The van der Waals surface area contributed by atoms with Gasteiger partial charge in [0.15, 0.2) is 0 Å². The largest absolute Gasteiger partial charge is 0.480 e. The number of aliphatic hydroxyl groups is 1. The lowest BCUT2D eigenvalue weighted by Gasteiger charge is -2.35. The normalized spacial score (nSPS) is 24.1. The molecule has 0 spiro atoms. The monoisotopic (exact) mass is 304 g/mol. The Bertz CT molecular complexity index is 360. The molecule has 0 aromatic carbocycles. The van der Waals surface area contributed by atoms with Gasteiger partial charge in [0.05, 0.1) is 25.2 Å². The van der Waals surface area contributed by atoms with Crippen LogP contribution in [-0.4, -0.2) is 82.1 Å². The second-order valence-electron chi connectivity index (χ2n) is 4.89. The lowest BCUT2D eigenvalue weighted by atomic mass is 10.1. The van der Waals surface area contributed by atoms with Gasteiger partial charge in [0.2, 0.25) is 0 Å². The number of aliphatic carboxylic acids is 1. The van der Waals surface area contributed by atoms with Gasteiger partial charge in [-0.1, -0.05) is 0 Å². The molecule has 20 heavy (non-hydrogen) atoms. The number of piperidine rings is 1. The van der Waals surface area contributed by atoms with Crippen LogP contribution >= 0.6 is 11.8 Å². The number of nitrogens with zero attached hydrogens (tertiary/aromatic N) is 2. The van der Waals surface area contributed by atoms with Crippen molar-refractivity contribution in [1.29, 1.82) is 0 Å². The summed E-state index contributed by atoms with van der Waals surface area (Å²) >= 11 is 1.47. The first kappa shape index (κ1) is 15.4. The summed E-state index contributed by atoms with van der Waals surface area (Å²) < 4.78 is 5.45. The molecule has 1 atom stereocenters. The Hall–Kier alpha value is -0.990. The number of aliphatic hydroxyl groups excluding tert-OH is 1. The Labute approximate surface area is 121 Å².